The van der Waals surface area contributed by atoms with Crippen LogP contribution in [-0.4, -0.2) is 84.1 Å². The molecule has 3 aromatic rings. The number of hydrogen-bond acceptors (Lipinski definition) is 8. The van der Waals surface area contributed by atoms with Crippen molar-refractivity contribution in [1.29, 1.82) is 5.26 Å². The first-order valence-electron chi connectivity index (χ1n) is 16.0. The summed E-state index contributed by atoms with van der Waals surface area (Å²) in [6, 6.07) is 15.4. The summed E-state index contributed by atoms with van der Waals surface area (Å²) < 4.78 is 20.1. The zero-order valence-electron chi connectivity index (χ0n) is 26.5. The van der Waals surface area contributed by atoms with E-state index in [0.717, 1.165) is 49.4 Å². The van der Waals surface area contributed by atoms with E-state index in [4.69, 9.17) is 14.7 Å². The largest absolute Gasteiger partial charge is 0.462 e. The van der Waals surface area contributed by atoms with E-state index in [-0.39, 0.29) is 13.0 Å². The zero-order chi connectivity index (χ0) is 31.7. The Morgan fingerprint density at radius 3 is 2.62 bits per heavy atom. The van der Waals surface area contributed by atoms with Crippen molar-refractivity contribution in [3.8, 4) is 12.1 Å². The van der Waals surface area contributed by atoms with Gasteiger partial charge in [-0.15, -0.1) is 0 Å². The first kappa shape index (κ1) is 30.8. The van der Waals surface area contributed by atoms with Crippen LogP contribution in [0.1, 0.15) is 55.8 Å². The monoisotopic (exact) mass is 611 g/mol. The number of hydrogen-bond donors (Lipinski definition) is 0. The number of ether oxygens (including phenoxy) is 1. The molecule has 0 saturated carbocycles. The number of halogens is 1. The molecular formula is C35H42FN7O2. The van der Waals surface area contributed by atoms with E-state index >= 15 is 0 Å². The number of rotatable bonds is 8. The van der Waals surface area contributed by atoms with Crippen molar-refractivity contribution in [3.05, 3.63) is 65.6 Å². The summed E-state index contributed by atoms with van der Waals surface area (Å²) in [6.45, 7) is 11.7. The molecule has 0 spiro atoms. The molecule has 1 amide bonds. The van der Waals surface area contributed by atoms with Crippen molar-refractivity contribution in [2.24, 2.45) is 0 Å². The van der Waals surface area contributed by atoms with Crippen LogP contribution in [0.25, 0.3) is 10.8 Å². The van der Waals surface area contributed by atoms with Gasteiger partial charge in [0.1, 0.15) is 12.4 Å². The average Bonchev–Trinajstić information content (AvgIpc) is 3.46. The number of piperazine rings is 1. The lowest BCUT2D eigenvalue weighted by Gasteiger charge is -2.42. The highest BCUT2D eigenvalue weighted by Crippen LogP contribution is 2.38. The van der Waals surface area contributed by atoms with Crippen LogP contribution in [0.3, 0.4) is 0 Å². The lowest BCUT2D eigenvalue weighted by molar-refractivity contribution is -0.131. The maximum absolute atomic E-state index is 13.8. The van der Waals surface area contributed by atoms with E-state index in [0.29, 0.717) is 44.2 Å². The number of aromatic nitrogens is 2. The van der Waals surface area contributed by atoms with E-state index in [9.17, 15) is 14.4 Å². The van der Waals surface area contributed by atoms with Crippen LogP contribution in [0.5, 0.6) is 6.01 Å². The van der Waals surface area contributed by atoms with E-state index in [2.05, 4.69) is 84.6 Å². The summed E-state index contributed by atoms with van der Waals surface area (Å²) in [5.41, 5.74) is 4.51. The Morgan fingerprint density at radius 1 is 1.11 bits per heavy atom. The van der Waals surface area contributed by atoms with Crippen LogP contribution in [0.2, 0.25) is 0 Å². The Kier molecular flexibility index (Phi) is 8.90. The predicted molar refractivity (Wildman–Crippen MR) is 174 cm³/mol. The Bertz CT molecular complexity index is 1630. The Morgan fingerprint density at radius 2 is 1.91 bits per heavy atom. The molecule has 0 aliphatic carbocycles. The van der Waals surface area contributed by atoms with Gasteiger partial charge in [-0.25, -0.2) is 4.39 Å². The zero-order valence-corrected chi connectivity index (χ0v) is 26.5. The molecule has 236 valence electrons. The second kappa shape index (κ2) is 13.0. The highest BCUT2D eigenvalue weighted by molar-refractivity contribution is 5.97. The van der Waals surface area contributed by atoms with Crippen molar-refractivity contribution < 1.29 is 13.9 Å². The molecule has 3 aliphatic rings. The molecular weight excluding hydrogens is 569 g/mol. The molecule has 1 unspecified atom stereocenters. The molecule has 2 aromatic carbocycles. The van der Waals surface area contributed by atoms with E-state index in [1.54, 1.807) is 0 Å². The second-order valence-corrected chi connectivity index (χ2v) is 12.8. The van der Waals surface area contributed by atoms with Gasteiger partial charge >= 0.3 is 6.01 Å². The standard InChI is InChI=1S/C35H42FN7O2/c1-23(2)28-11-5-8-25-9-6-12-31(32(25)28)41-17-14-29-30(21-41)38-35(45-22-27-10-7-16-40(27)4)39-33(29)42-18-19-43(34(44)24(3)36)26(20-42)13-15-37/h5-6,8-9,11-12,23,26-27H,3,7,10,13-14,16-22H2,1-2,4H3/t26?,27-/m0/s1. The van der Waals surface area contributed by atoms with Gasteiger partial charge in [0.2, 0.25) is 0 Å². The van der Waals surface area contributed by atoms with Gasteiger partial charge < -0.3 is 24.3 Å². The molecule has 0 N–H and O–H groups in total. The summed E-state index contributed by atoms with van der Waals surface area (Å²) in [5.74, 6) is -0.594. The number of likely N-dealkylation sites (tertiary alicyclic amines) is 1. The molecule has 2 fully saturated rings. The number of fused-ring (bicyclic) bond motifs is 2. The SMILES string of the molecule is C=C(F)C(=O)N1CCN(c2nc(OC[C@@H]3CCCN3C)nc3c2CCN(c2cccc4cccc(C(C)C)c24)C3)CC1CC#N. The Hall–Kier alpha value is -4.23. The fraction of sp³-hybridized carbons (Fsp3) is 0.486. The highest BCUT2D eigenvalue weighted by Gasteiger charge is 2.35. The number of nitrogens with zero attached hydrogens (tertiary/aromatic N) is 7. The third-order valence-electron chi connectivity index (χ3n) is 9.58. The highest BCUT2D eigenvalue weighted by atomic mass is 19.1. The van der Waals surface area contributed by atoms with Gasteiger partial charge in [0, 0.05) is 48.9 Å². The fourth-order valence-electron chi connectivity index (χ4n) is 7.13. The van der Waals surface area contributed by atoms with Gasteiger partial charge in [-0.3, -0.25) is 4.79 Å². The van der Waals surface area contributed by atoms with E-state index < -0.39 is 17.8 Å². The Balaban J connectivity index is 1.35. The van der Waals surface area contributed by atoms with Crippen LogP contribution in [0.4, 0.5) is 15.9 Å². The third kappa shape index (κ3) is 6.19. The number of anilines is 2. The molecule has 45 heavy (non-hydrogen) atoms. The topological polar surface area (TPSA) is 88.8 Å². The van der Waals surface area contributed by atoms with Crippen LogP contribution in [0, 0.1) is 11.3 Å². The Labute approximate surface area is 264 Å². The van der Waals surface area contributed by atoms with Gasteiger partial charge in [0.25, 0.3) is 5.91 Å². The van der Waals surface area contributed by atoms with Gasteiger partial charge in [-0.05, 0) is 55.8 Å². The number of nitriles is 1. The van der Waals surface area contributed by atoms with Crippen molar-refractivity contribution >= 4 is 28.2 Å². The van der Waals surface area contributed by atoms with Crippen molar-refractivity contribution in [1.82, 2.24) is 19.8 Å². The number of benzene rings is 2. The summed E-state index contributed by atoms with van der Waals surface area (Å²) in [6.07, 6.45) is 3.05. The molecule has 0 radical (unpaired) electrons. The molecule has 0 bridgehead atoms. The number of carbonyl (C=O) groups is 1. The minimum Gasteiger partial charge on any atom is -0.462 e. The van der Waals surface area contributed by atoms with Gasteiger partial charge in [-0.2, -0.15) is 15.2 Å². The maximum Gasteiger partial charge on any atom is 0.318 e. The number of amides is 1. The maximum atomic E-state index is 13.8. The minimum absolute atomic E-state index is 0.0905. The van der Waals surface area contributed by atoms with Crippen LogP contribution >= 0.6 is 0 Å². The van der Waals surface area contributed by atoms with Gasteiger partial charge in [0.05, 0.1) is 30.8 Å². The summed E-state index contributed by atoms with van der Waals surface area (Å²) in [5, 5.41) is 12.0. The average molecular weight is 612 g/mol. The summed E-state index contributed by atoms with van der Waals surface area (Å²) in [7, 11) is 2.12. The van der Waals surface area contributed by atoms with Crippen molar-refractivity contribution in [2.45, 2.75) is 64.1 Å². The molecule has 3 aliphatic heterocycles. The number of likely N-dealkylation sites (N-methyl/N-ethyl adjacent to an activating group) is 1. The predicted octanol–water partition coefficient (Wildman–Crippen LogP) is 5.20. The molecule has 6 rings (SSSR count). The fourth-order valence-corrected chi connectivity index (χ4v) is 7.13. The molecule has 2 atom stereocenters. The normalized spacial score (nSPS) is 20.4. The van der Waals surface area contributed by atoms with Crippen LogP contribution in [-0.2, 0) is 17.8 Å². The molecule has 1 aromatic heterocycles. The van der Waals surface area contributed by atoms with Crippen molar-refractivity contribution in [3.63, 3.8) is 0 Å². The first-order chi connectivity index (χ1) is 21.7. The first-order valence-corrected chi connectivity index (χ1v) is 16.0. The molecule has 2 saturated heterocycles. The molecule has 9 nitrogen and oxygen atoms in total. The third-order valence-corrected chi connectivity index (χ3v) is 9.58. The van der Waals surface area contributed by atoms with Gasteiger partial charge in [-0.1, -0.05) is 50.8 Å². The van der Waals surface area contributed by atoms with E-state index in [1.807, 2.05) is 0 Å². The number of carbonyl (C=O) groups excluding carboxylic acids is 1. The summed E-state index contributed by atoms with van der Waals surface area (Å²) >= 11 is 0. The molecule has 10 heteroatoms. The smallest absolute Gasteiger partial charge is 0.318 e. The lowest BCUT2D eigenvalue weighted by Crippen LogP contribution is -2.55. The van der Waals surface area contributed by atoms with E-state index in [1.165, 1.54) is 26.9 Å². The summed E-state index contributed by atoms with van der Waals surface area (Å²) in [4.78, 5) is 30.8. The lowest BCUT2D eigenvalue weighted by atomic mass is 9.93. The molecule has 4 heterocycles. The van der Waals surface area contributed by atoms with Crippen LogP contribution < -0.4 is 14.5 Å². The quantitative estimate of drug-likeness (QED) is 0.321. The second-order valence-electron chi connectivity index (χ2n) is 12.8. The van der Waals surface area contributed by atoms with Crippen LogP contribution in [0.15, 0.2) is 48.8 Å². The van der Waals surface area contributed by atoms with Crippen molar-refractivity contribution in [2.75, 3.05) is 56.2 Å². The van der Waals surface area contributed by atoms with Gasteiger partial charge in [0.15, 0.2) is 5.83 Å². The minimum atomic E-state index is -1.01.